The average molecular weight is 258 g/mol. The molecule has 0 spiro atoms. The zero-order valence-electron chi connectivity index (χ0n) is 11.4. The lowest BCUT2D eigenvalue weighted by Gasteiger charge is -2.19. The van der Waals surface area contributed by atoms with E-state index in [0.717, 1.165) is 44.0 Å². The van der Waals surface area contributed by atoms with Gasteiger partial charge in [0.2, 0.25) is 0 Å². The molecule has 1 heterocycles. The molecule has 3 nitrogen and oxygen atoms in total. The van der Waals surface area contributed by atoms with Gasteiger partial charge in [-0.15, -0.1) is 0 Å². The maximum absolute atomic E-state index is 12.2. The molecular weight excluding hydrogens is 236 g/mol. The summed E-state index contributed by atoms with van der Waals surface area (Å²) in [5.74, 6) is 1.06. The van der Waals surface area contributed by atoms with Crippen LogP contribution in [0.4, 0.5) is 0 Å². The lowest BCUT2D eigenvalue weighted by Crippen LogP contribution is -2.30. The van der Waals surface area contributed by atoms with Crippen molar-refractivity contribution in [1.29, 1.82) is 0 Å². The van der Waals surface area contributed by atoms with Crippen LogP contribution < -0.4 is 10.6 Å². The monoisotopic (exact) mass is 258 g/mol. The molecule has 1 fully saturated rings. The van der Waals surface area contributed by atoms with Crippen molar-refractivity contribution in [3.05, 3.63) is 34.9 Å². The highest BCUT2D eigenvalue weighted by Gasteiger charge is 2.20. The predicted molar refractivity (Wildman–Crippen MR) is 76.1 cm³/mol. The molecule has 0 bridgehead atoms. The number of benzene rings is 1. The van der Waals surface area contributed by atoms with E-state index in [1.807, 2.05) is 12.1 Å². The van der Waals surface area contributed by atoms with Gasteiger partial charge in [0, 0.05) is 18.7 Å². The number of carbonyl (C=O) groups excluding carboxylic acids is 1. The molecular formula is C16H22N2O. The normalized spacial score (nSPS) is 17.9. The fraction of sp³-hybridized carbons (Fsp3) is 0.562. The first-order chi connectivity index (χ1) is 9.34. The molecule has 0 saturated heterocycles. The largest absolute Gasteiger partial charge is 0.352 e. The second kappa shape index (κ2) is 5.74. The minimum atomic E-state index is 0.106. The molecule has 2 aliphatic rings. The zero-order chi connectivity index (χ0) is 13.1. The average Bonchev–Trinajstić information content (AvgIpc) is 3.27. The molecule has 3 heteroatoms. The van der Waals surface area contributed by atoms with Crippen LogP contribution in [-0.4, -0.2) is 19.0 Å². The summed E-state index contributed by atoms with van der Waals surface area (Å²) in [5.41, 5.74) is 3.39. The van der Waals surface area contributed by atoms with E-state index in [0.29, 0.717) is 0 Å². The van der Waals surface area contributed by atoms with Crippen LogP contribution >= 0.6 is 0 Å². The number of hydrogen-bond acceptors (Lipinski definition) is 2. The highest BCUT2D eigenvalue weighted by Crippen LogP contribution is 2.33. The summed E-state index contributed by atoms with van der Waals surface area (Å²) in [7, 11) is 0. The molecule has 1 aromatic rings. The smallest absolute Gasteiger partial charge is 0.251 e. The van der Waals surface area contributed by atoms with Crippen LogP contribution in [-0.2, 0) is 13.0 Å². The minimum absolute atomic E-state index is 0.106. The van der Waals surface area contributed by atoms with E-state index in [1.165, 1.54) is 30.4 Å². The summed E-state index contributed by atoms with van der Waals surface area (Å²) in [5, 5.41) is 6.42. The Kier molecular flexibility index (Phi) is 3.83. The maximum atomic E-state index is 12.2. The van der Waals surface area contributed by atoms with Crippen molar-refractivity contribution < 1.29 is 4.79 Å². The first-order valence-corrected chi connectivity index (χ1v) is 7.44. The Labute approximate surface area is 114 Å². The van der Waals surface area contributed by atoms with Crippen LogP contribution in [0.15, 0.2) is 18.2 Å². The molecule has 1 aliphatic carbocycles. The Morgan fingerprint density at radius 2 is 2.26 bits per heavy atom. The number of hydrogen-bond donors (Lipinski definition) is 2. The zero-order valence-corrected chi connectivity index (χ0v) is 11.4. The third-order valence-corrected chi connectivity index (χ3v) is 4.16. The Bertz CT molecular complexity index is 466. The predicted octanol–water partition coefficient (Wildman–Crippen LogP) is 2.25. The van der Waals surface area contributed by atoms with Gasteiger partial charge in [-0.05, 0) is 48.9 Å². The van der Waals surface area contributed by atoms with Crippen LogP contribution in [0, 0.1) is 5.92 Å². The molecule has 0 unspecified atom stereocenters. The van der Waals surface area contributed by atoms with Crippen LogP contribution in [0.5, 0.6) is 0 Å². The van der Waals surface area contributed by atoms with E-state index < -0.39 is 0 Å². The second-order valence-electron chi connectivity index (χ2n) is 5.71. The van der Waals surface area contributed by atoms with Crippen LogP contribution in [0.2, 0.25) is 0 Å². The van der Waals surface area contributed by atoms with Crippen molar-refractivity contribution in [2.24, 2.45) is 5.92 Å². The number of rotatable bonds is 5. The SMILES string of the molecule is O=C(NCCCC1CC1)c1cccc2c1CCNC2. The molecule has 0 radical (unpaired) electrons. The van der Waals surface area contributed by atoms with Crippen molar-refractivity contribution in [3.8, 4) is 0 Å². The standard InChI is InChI=1S/C16H22N2O/c19-16(18-9-2-3-12-6-7-12)15-5-1-4-13-11-17-10-8-14(13)15/h1,4-5,12,17H,2-3,6-11H2,(H,18,19). The quantitative estimate of drug-likeness (QED) is 0.795. The van der Waals surface area contributed by atoms with E-state index >= 15 is 0 Å². The molecule has 0 atom stereocenters. The lowest BCUT2D eigenvalue weighted by molar-refractivity contribution is 0.0951. The Hall–Kier alpha value is -1.35. The van der Waals surface area contributed by atoms with Crippen molar-refractivity contribution in [3.63, 3.8) is 0 Å². The number of nitrogens with one attached hydrogen (secondary N) is 2. The Morgan fingerprint density at radius 1 is 1.37 bits per heavy atom. The van der Waals surface area contributed by atoms with Crippen molar-refractivity contribution in [2.75, 3.05) is 13.1 Å². The van der Waals surface area contributed by atoms with Crippen LogP contribution in [0.3, 0.4) is 0 Å². The molecule has 1 saturated carbocycles. The highest BCUT2D eigenvalue weighted by molar-refractivity contribution is 5.96. The Morgan fingerprint density at radius 3 is 3.11 bits per heavy atom. The molecule has 1 amide bonds. The third kappa shape index (κ3) is 3.16. The highest BCUT2D eigenvalue weighted by atomic mass is 16.1. The van der Waals surface area contributed by atoms with E-state index in [9.17, 15) is 4.79 Å². The lowest BCUT2D eigenvalue weighted by atomic mass is 9.95. The van der Waals surface area contributed by atoms with E-state index in [2.05, 4.69) is 16.7 Å². The van der Waals surface area contributed by atoms with Gasteiger partial charge in [-0.3, -0.25) is 4.79 Å². The molecule has 2 N–H and O–H groups in total. The number of amides is 1. The van der Waals surface area contributed by atoms with Crippen LogP contribution in [0.25, 0.3) is 0 Å². The first kappa shape index (κ1) is 12.7. The fourth-order valence-corrected chi connectivity index (χ4v) is 2.84. The van der Waals surface area contributed by atoms with Gasteiger partial charge in [0.1, 0.15) is 0 Å². The van der Waals surface area contributed by atoms with E-state index in [-0.39, 0.29) is 5.91 Å². The molecule has 1 aliphatic heterocycles. The van der Waals surface area contributed by atoms with Gasteiger partial charge in [0.25, 0.3) is 5.91 Å². The minimum Gasteiger partial charge on any atom is -0.352 e. The topological polar surface area (TPSA) is 41.1 Å². The second-order valence-corrected chi connectivity index (χ2v) is 5.71. The van der Waals surface area contributed by atoms with Gasteiger partial charge in [-0.1, -0.05) is 25.0 Å². The van der Waals surface area contributed by atoms with Gasteiger partial charge in [0.05, 0.1) is 0 Å². The molecule has 1 aromatic carbocycles. The van der Waals surface area contributed by atoms with Gasteiger partial charge >= 0.3 is 0 Å². The van der Waals surface area contributed by atoms with Crippen molar-refractivity contribution in [2.45, 2.75) is 38.6 Å². The van der Waals surface area contributed by atoms with Gasteiger partial charge in [-0.2, -0.15) is 0 Å². The van der Waals surface area contributed by atoms with Crippen LogP contribution in [0.1, 0.15) is 47.2 Å². The molecule has 0 aromatic heterocycles. The molecule has 19 heavy (non-hydrogen) atoms. The summed E-state index contributed by atoms with van der Waals surface area (Å²) in [6.45, 7) is 2.67. The van der Waals surface area contributed by atoms with Gasteiger partial charge in [-0.25, -0.2) is 0 Å². The maximum Gasteiger partial charge on any atom is 0.251 e. The van der Waals surface area contributed by atoms with Crippen molar-refractivity contribution in [1.82, 2.24) is 10.6 Å². The summed E-state index contributed by atoms with van der Waals surface area (Å²) in [6, 6.07) is 6.07. The summed E-state index contributed by atoms with van der Waals surface area (Å²) < 4.78 is 0. The first-order valence-electron chi connectivity index (χ1n) is 7.44. The number of carbonyl (C=O) groups is 1. The van der Waals surface area contributed by atoms with Gasteiger partial charge in [0.15, 0.2) is 0 Å². The third-order valence-electron chi connectivity index (χ3n) is 4.16. The summed E-state index contributed by atoms with van der Waals surface area (Å²) in [6.07, 6.45) is 6.14. The summed E-state index contributed by atoms with van der Waals surface area (Å²) in [4.78, 5) is 12.2. The summed E-state index contributed by atoms with van der Waals surface area (Å²) >= 11 is 0. The van der Waals surface area contributed by atoms with E-state index in [4.69, 9.17) is 0 Å². The molecule has 102 valence electrons. The molecule has 3 rings (SSSR count). The Balaban J connectivity index is 1.59. The fourth-order valence-electron chi connectivity index (χ4n) is 2.84. The van der Waals surface area contributed by atoms with Crippen molar-refractivity contribution >= 4 is 5.91 Å². The van der Waals surface area contributed by atoms with Gasteiger partial charge < -0.3 is 10.6 Å². The van der Waals surface area contributed by atoms with E-state index in [1.54, 1.807) is 0 Å². The number of fused-ring (bicyclic) bond motifs is 1.